The fourth-order valence-electron chi connectivity index (χ4n) is 7.80. The van der Waals surface area contributed by atoms with E-state index in [9.17, 15) is 0 Å². The summed E-state index contributed by atoms with van der Waals surface area (Å²) in [4.78, 5) is 19.0. The van der Waals surface area contributed by atoms with Gasteiger partial charge in [-0.25, -0.2) is 9.97 Å². The lowest BCUT2D eigenvalue weighted by molar-refractivity contribution is 0.122. The van der Waals surface area contributed by atoms with Gasteiger partial charge in [-0.15, -0.1) is 0 Å². The summed E-state index contributed by atoms with van der Waals surface area (Å²) in [5.41, 5.74) is 0.511. The van der Waals surface area contributed by atoms with E-state index in [1.54, 1.807) is 6.33 Å². The molecule has 4 rings (SSSR count). The first-order valence-electron chi connectivity index (χ1n) is 15.8. The smallest absolute Gasteiger partial charge is 0.230 e. The van der Waals surface area contributed by atoms with E-state index in [2.05, 4.69) is 86.1 Å². The summed E-state index contributed by atoms with van der Waals surface area (Å²) in [6.07, 6.45) is 11.1. The van der Waals surface area contributed by atoms with Gasteiger partial charge in [0.25, 0.3) is 0 Å². The van der Waals surface area contributed by atoms with Gasteiger partial charge in [-0.3, -0.25) is 0 Å². The minimum absolute atomic E-state index is 0.0637. The Morgan fingerprint density at radius 2 is 1.40 bits per heavy atom. The second-order valence-electron chi connectivity index (χ2n) is 15.2. The number of hydrogen-bond acceptors (Lipinski definition) is 9. The van der Waals surface area contributed by atoms with Crippen LogP contribution in [0, 0.1) is 0 Å². The number of anilines is 2. The molecule has 0 spiro atoms. The Balaban J connectivity index is 1.33. The number of nitrogens with one attached hydrogen (secondary N) is 3. The molecule has 3 N–H and O–H groups in total. The van der Waals surface area contributed by atoms with Crippen LogP contribution >= 0.6 is 0 Å². The first-order chi connectivity index (χ1) is 18.7. The van der Waals surface area contributed by atoms with Gasteiger partial charge >= 0.3 is 0 Å². The van der Waals surface area contributed by atoms with Gasteiger partial charge in [0, 0.05) is 53.9 Å². The van der Waals surface area contributed by atoms with Crippen LogP contribution < -0.4 is 25.8 Å². The first kappa shape index (κ1) is 31.4. The molecule has 1 aromatic heterocycles. The summed E-state index contributed by atoms with van der Waals surface area (Å²) in [6, 6.07) is 0.984. The molecule has 4 heterocycles. The average molecular weight is 559 g/mol. The van der Waals surface area contributed by atoms with Crippen molar-refractivity contribution in [3.05, 3.63) is 6.33 Å². The van der Waals surface area contributed by atoms with E-state index in [4.69, 9.17) is 14.7 Å². The Morgan fingerprint density at radius 1 is 0.825 bits per heavy atom. The number of rotatable bonds is 11. The van der Waals surface area contributed by atoms with Crippen LogP contribution in [0.2, 0.25) is 0 Å². The molecular weight excluding hydrogens is 500 g/mol. The van der Waals surface area contributed by atoms with Crippen molar-refractivity contribution in [3.63, 3.8) is 0 Å². The van der Waals surface area contributed by atoms with Crippen LogP contribution in [0.3, 0.4) is 0 Å². The second kappa shape index (κ2) is 12.8. The molecule has 0 amide bonds. The van der Waals surface area contributed by atoms with Crippen LogP contribution in [0.15, 0.2) is 6.33 Å². The standard InChI is InChI=1S/C31H58N8O/c1-28(2)19-24(20-29(3,4)36-28)32-13-11-9-10-12-14-39(25-21-30(5,6)37-31(7,8)22-25)27-34-23-33-26(35-27)38-15-17-40-18-16-38/h23-25,32,36-37H,9-22H2,1-8H3. The molecule has 228 valence electrons. The monoisotopic (exact) mass is 558 g/mol. The average Bonchev–Trinajstić information content (AvgIpc) is 2.82. The van der Waals surface area contributed by atoms with Crippen molar-refractivity contribution in [2.45, 2.75) is 141 Å². The van der Waals surface area contributed by atoms with E-state index in [1.165, 1.54) is 32.1 Å². The fraction of sp³-hybridized carbons (Fsp3) is 0.903. The highest BCUT2D eigenvalue weighted by Crippen LogP contribution is 2.33. The molecule has 3 fully saturated rings. The van der Waals surface area contributed by atoms with Crippen LogP contribution in [0.4, 0.5) is 11.9 Å². The van der Waals surface area contributed by atoms with Crippen molar-refractivity contribution in [1.82, 2.24) is 30.9 Å². The number of ether oxygens (including phenoxy) is 1. The zero-order valence-corrected chi connectivity index (χ0v) is 26.8. The Hall–Kier alpha value is -1.55. The van der Waals surface area contributed by atoms with Crippen LogP contribution in [0.25, 0.3) is 0 Å². The van der Waals surface area contributed by atoms with Crippen LogP contribution in [0.1, 0.15) is 107 Å². The third-order valence-corrected chi connectivity index (χ3v) is 8.66. The van der Waals surface area contributed by atoms with E-state index in [0.717, 1.165) is 70.6 Å². The Kier molecular flexibility index (Phi) is 10.0. The van der Waals surface area contributed by atoms with Gasteiger partial charge in [0.2, 0.25) is 11.9 Å². The van der Waals surface area contributed by atoms with Crippen LogP contribution in [-0.4, -0.2) is 88.6 Å². The third kappa shape index (κ3) is 9.23. The van der Waals surface area contributed by atoms with Gasteiger partial charge in [0.05, 0.1) is 13.2 Å². The highest BCUT2D eigenvalue weighted by molar-refractivity contribution is 5.39. The first-order valence-corrected chi connectivity index (χ1v) is 15.8. The largest absolute Gasteiger partial charge is 0.378 e. The maximum atomic E-state index is 5.55. The molecule has 0 saturated carbocycles. The van der Waals surface area contributed by atoms with Crippen LogP contribution in [-0.2, 0) is 4.74 Å². The lowest BCUT2D eigenvalue weighted by atomic mass is 9.79. The van der Waals surface area contributed by atoms with Gasteiger partial charge in [-0.1, -0.05) is 12.8 Å². The zero-order chi connectivity index (χ0) is 29.0. The van der Waals surface area contributed by atoms with Gasteiger partial charge < -0.3 is 30.5 Å². The predicted octanol–water partition coefficient (Wildman–Crippen LogP) is 4.28. The quantitative estimate of drug-likeness (QED) is 0.344. The fourth-order valence-corrected chi connectivity index (χ4v) is 7.80. The highest BCUT2D eigenvalue weighted by atomic mass is 16.5. The lowest BCUT2D eigenvalue weighted by Crippen LogP contribution is -2.62. The summed E-state index contributed by atoms with van der Waals surface area (Å²) >= 11 is 0. The van der Waals surface area contributed by atoms with Crippen molar-refractivity contribution in [2.75, 3.05) is 49.2 Å². The second-order valence-corrected chi connectivity index (χ2v) is 15.2. The molecule has 9 heteroatoms. The molecule has 0 aromatic carbocycles. The maximum absolute atomic E-state index is 5.55. The third-order valence-electron chi connectivity index (χ3n) is 8.66. The number of piperidine rings is 2. The SMILES string of the molecule is CC1(C)CC(NCCCCCCN(c2ncnc(N3CCOCC3)n2)C2CC(C)(C)NC(C)(C)C2)CC(C)(C)N1. The summed E-state index contributed by atoms with van der Waals surface area (Å²) in [6.45, 7) is 23.8. The Labute approximate surface area is 244 Å². The molecule has 3 aliphatic rings. The molecule has 3 aliphatic heterocycles. The minimum atomic E-state index is 0.0637. The van der Waals surface area contributed by atoms with E-state index in [0.29, 0.717) is 12.1 Å². The van der Waals surface area contributed by atoms with E-state index in [1.807, 2.05) is 0 Å². The molecule has 9 nitrogen and oxygen atoms in total. The maximum Gasteiger partial charge on any atom is 0.230 e. The van der Waals surface area contributed by atoms with Gasteiger partial charge in [-0.05, 0) is 100 Å². The van der Waals surface area contributed by atoms with Gasteiger partial charge in [0.1, 0.15) is 6.33 Å². The van der Waals surface area contributed by atoms with E-state index >= 15 is 0 Å². The van der Waals surface area contributed by atoms with Crippen molar-refractivity contribution >= 4 is 11.9 Å². The van der Waals surface area contributed by atoms with Crippen molar-refractivity contribution in [3.8, 4) is 0 Å². The topological polar surface area (TPSA) is 90.5 Å². The van der Waals surface area contributed by atoms with Crippen molar-refractivity contribution < 1.29 is 4.74 Å². The Morgan fingerprint density at radius 3 is 2.02 bits per heavy atom. The number of aromatic nitrogens is 3. The molecule has 3 saturated heterocycles. The molecule has 1 aromatic rings. The van der Waals surface area contributed by atoms with Gasteiger partial charge in [0.15, 0.2) is 0 Å². The predicted molar refractivity (Wildman–Crippen MR) is 165 cm³/mol. The van der Waals surface area contributed by atoms with Crippen molar-refractivity contribution in [2.24, 2.45) is 0 Å². The number of morpholine rings is 1. The molecule has 0 atom stereocenters. The Bertz CT molecular complexity index is 911. The van der Waals surface area contributed by atoms with Crippen LogP contribution in [0.5, 0.6) is 0 Å². The number of nitrogens with zero attached hydrogens (tertiary/aromatic N) is 5. The summed E-state index contributed by atoms with van der Waals surface area (Å²) in [7, 11) is 0. The molecule has 0 aliphatic carbocycles. The molecule has 0 unspecified atom stereocenters. The highest BCUT2D eigenvalue weighted by Gasteiger charge is 2.41. The minimum Gasteiger partial charge on any atom is -0.378 e. The number of unbranched alkanes of at least 4 members (excludes halogenated alkanes) is 3. The molecular formula is C31H58N8O. The lowest BCUT2D eigenvalue weighted by Gasteiger charge is -2.49. The number of hydrogen-bond donors (Lipinski definition) is 3. The summed E-state index contributed by atoms with van der Waals surface area (Å²) in [5.74, 6) is 1.61. The van der Waals surface area contributed by atoms with E-state index < -0.39 is 0 Å². The van der Waals surface area contributed by atoms with Crippen molar-refractivity contribution in [1.29, 1.82) is 0 Å². The molecule has 0 radical (unpaired) electrons. The molecule has 0 bridgehead atoms. The zero-order valence-electron chi connectivity index (χ0n) is 26.8. The summed E-state index contributed by atoms with van der Waals surface area (Å²) in [5, 5.41) is 11.5. The van der Waals surface area contributed by atoms with Gasteiger partial charge in [-0.2, -0.15) is 4.98 Å². The molecule has 40 heavy (non-hydrogen) atoms. The normalized spacial score (nSPS) is 24.6. The van der Waals surface area contributed by atoms with E-state index in [-0.39, 0.29) is 22.2 Å². The summed E-state index contributed by atoms with van der Waals surface area (Å²) < 4.78 is 5.55.